The Morgan fingerprint density at radius 3 is 2.66 bits per heavy atom. The fourth-order valence-electron chi connectivity index (χ4n) is 5.68. The first kappa shape index (κ1) is 23.5. The fourth-order valence-corrected chi connectivity index (χ4v) is 5.68. The molecule has 0 spiro atoms. The molecule has 4 heterocycles. The van der Waals surface area contributed by atoms with Crippen LogP contribution in [0.5, 0.6) is 0 Å². The lowest BCUT2D eigenvalue weighted by Gasteiger charge is -2.40. The van der Waals surface area contributed by atoms with Gasteiger partial charge in [0.05, 0.1) is 24.8 Å². The summed E-state index contributed by atoms with van der Waals surface area (Å²) in [6, 6.07) is 13.1. The van der Waals surface area contributed by atoms with Crippen molar-refractivity contribution in [3.63, 3.8) is 0 Å². The Labute approximate surface area is 205 Å². The molecule has 8 nitrogen and oxygen atoms in total. The second kappa shape index (κ2) is 9.77. The second-order valence-corrected chi connectivity index (χ2v) is 9.82. The van der Waals surface area contributed by atoms with E-state index in [1.165, 1.54) is 4.90 Å². The van der Waals surface area contributed by atoms with E-state index in [-0.39, 0.29) is 30.4 Å². The van der Waals surface area contributed by atoms with Gasteiger partial charge in [-0.05, 0) is 50.3 Å². The van der Waals surface area contributed by atoms with Crippen molar-refractivity contribution in [2.24, 2.45) is 5.92 Å². The molecule has 5 rings (SSSR count). The van der Waals surface area contributed by atoms with E-state index in [0.29, 0.717) is 44.7 Å². The van der Waals surface area contributed by atoms with Crippen LogP contribution in [0, 0.1) is 12.8 Å². The first-order chi connectivity index (χ1) is 17.0. The number of carbonyl (C=O) groups excluding carboxylic acids is 3. The molecule has 2 unspecified atom stereocenters. The summed E-state index contributed by atoms with van der Waals surface area (Å²) in [7, 11) is 0. The Morgan fingerprint density at radius 2 is 1.97 bits per heavy atom. The van der Waals surface area contributed by atoms with Gasteiger partial charge in [-0.25, -0.2) is 4.79 Å². The van der Waals surface area contributed by atoms with Crippen LogP contribution in [0.1, 0.15) is 42.5 Å². The van der Waals surface area contributed by atoms with Gasteiger partial charge in [-0.2, -0.15) is 0 Å². The molecule has 2 aromatic rings. The average Bonchev–Trinajstić information content (AvgIpc) is 3.47. The predicted molar refractivity (Wildman–Crippen MR) is 129 cm³/mol. The summed E-state index contributed by atoms with van der Waals surface area (Å²) < 4.78 is 5.69. The third-order valence-corrected chi connectivity index (χ3v) is 7.51. The van der Waals surface area contributed by atoms with Crippen molar-refractivity contribution in [2.45, 2.75) is 50.7 Å². The zero-order valence-corrected chi connectivity index (χ0v) is 20.1. The van der Waals surface area contributed by atoms with Gasteiger partial charge >= 0.3 is 6.03 Å². The number of likely N-dealkylation sites (tertiary alicyclic amines) is 1. The van der Waals surface area contributed by atoms with Crippen LogP contribution in [0.25, 0.3) is 0 Å². The number of ether oxygens (including phenoxy) is 1. The third kappa shape index (κ3) is 4.55. The number of aryl methyl sites for hydroxylation is 1. The van der Waals surface area contributed by atoms with E-state index < -0.39 is 11.6 Å². The van der Waals surface area contributed by atoms with Gasteiger partial charge in [-0.15, -0.1) is 0 Å². The Hall–Kier alpha value is -3.26. The predicted octanol–water partition coefficient (Wildman–Crippen LogP) is 2.80. The molecule has 0 aliphatic carbocycles. The number of rotatable bonds is 6. The number of nitrogens with one attached hydrogen (secondary N) is 1. The molecule has 35 heavy (non-hydrogen) atoms. The standard InChI is InChI=1S/C27H32N4O4/c1-19-6-4-7-20(16-19)17-24(32)30-13-10-21(11-14-30)27(23-9-2-3-12-28-23)25(33)31(26(34)29-27)18-22-8-5-15-35-22/h2-4,6-7,9,12,16,21-22H,5,8,10-11,13-15,17-18H2,1H3,(H,29,34). The van der Waals surface area contributed by atoms with Crippen LogP contribution in [-0.2, 0) is 26.3 Å². The number of amides is 4. The summed E-state index contributed by atoms with van der Waals surface area (Å²) >= 11 is 0. The quantitative estimate of drug-likeness (QED) is 0.648. The average molecular weight is 477 g/mol. The summed E-state index contributed by atoms with van der Waals surface area (Å²) in [5, 5.41) is 3.03. The molecule has 1 aromatic carbocycles. The summed E-state index contributed by atoms with van der Waals surface area (Å²) in [6.07, 6.45) is 4.89. The second-order valence-electron chi connectivity index (χ2n) is 9.82. The number of imide groups is 1. The molecule has 3 fully saturated rings. The smallest absolute Gasteiger partial charge is 0.325 e. The number of benzene rings is 1. The highest BCUT2D eigenvalue weighted by molar-refractivity contribution is 6.07. The monoisotopic (exact) mass is 476 g/mol. The van der Waals surface area contributed by atoms with Crippen LogP contribution in [0.4, 0.5) is 4.79 Å². The van der Waals surface area contributed by atoms with Crippen molar-refractivity contribution in [3.8, 4) is 0 Å². The Kier molecular flexibility index (Phi) is 6.56. The number of aromatic nitrogens is 1. The van der Waals surface area contributed by atoms with E-state index in [4.69, 9.17) is 4.74 Å². The number of hydrogen-bond acceptors (Lipinski definition) is 5. The van der Waals surface area contributed by atoms with Gasteiger partial charge in [0.25, 0.3) is 5.91 Å². The largest absolute Gasteiger partial charge is 0.376 e. The lowest BCUT2D eigenvalue weighted by molar-refractivity contribution is -0.137. The van der Waals surface area contributed by atoms with Crippen molar-refractivity contribution >= 4 is 17.8 Å². The summed E-state index contributed by atoms with van der Waals surface area (Å²) in [5.41, 5.74) is 1.47. The van der Waals surface area contributed by atoms with Crippen molar-refractivity contribution in [1.82, 2.24) is 20.1 Å². The Morgan fingerprint density at radius 1 is 1.14 bits per heavy atom. The third-order valence-electron chi connectivity index (χ3n) is 7.51. The molecular weight excluding hydrogens is 444 g/mol. The highest BCUT2D eigenvalue weighted by Crippen LogP contribution is 2.41. The summed E-state index contributed by atoms with van der Waals surface area (Å²) in [4.78, 5) is 47.6. The van der Waals surface area contributed by atoms with Gasteiger partial charge in [-0.1, -0.05) is 35.9 Å². The van der Waals surface area contributed by atoms with Crippen LogP contribution >= 0.6 is 0 Å². The molecule has 1 N–H and O–H groups in total. The van der Waals surface area contributed by atoms with E-state index in [1.807, 2.05) is 48.2 Å². The van der Waals surface area contributed by atoms with Crippen LogP contribution in [0.3, 0.4) is 0 Å². The van der Waals surface area contributed by atoms with Crippen molar-refractivity contribution in [1.29, 1.82) is 0 Å². The summed E-state index contributed by atoms with van der Waals surface area (Å²) in [5.74, 6) is -0.338. The molecule has 184 valence electrons. The molecular formula is C27H32N4O4. The maximum Gasteiger partial charge on any atom is 0.325 e. The van der Waals surface area contributed by atoms with Gasteiger partial charge < -0.3 is 15.0 Å². The van der Waals surface area contributed by atoms with Crippen molar-refractivity contribution in [2.75, 3.05) is 26.2 Å². The number of piperidine rings is 1. The van der Waals surface area contributed by atoms with Crippen LogP contribution in [0.15, 0.2) is 48.7 Å². The fraction of sp³-hybridized carbons (Fsp3) is 0.481. The van der Waals surface area contributed by atoms with E-state index in [1.54, 1.807) is 12.3 Å². The summed E-state index contributed by atoms with van der Waals surface area (Å²) in [6.45, 7) is 4.02. The topological polar surface area (TPSA) is 91.8 Å². The zero-order chi connectivity index (χ0) is 24.4. The number of pyridine rings is 1. The van der Waals surface area contributed by atoms with Gasteiger partial charge in [0, 0.05) is 31.8 Å². The van der Waals surface area contributed by atoms with E-state index in [0.717, 1.165) is 24.0 Å². The van der Waals surface area contributed by atoms with Gasteiger partial charge in [-0.3, -0.25) is 19.5 Å². The van der Waals surface area contributed by atoms with E-state index in [9.17, 15) is 14.4 Å². The minimum atomic E-state index is -1.22. The van der Waals surface area contributed by atoms with Gasteiger partial charge in [0.1, 0.15) is 0 Å². The van der Waals surface area contributed by atoms with E-state index in [2.05, 4.69) is 10.3 Å². The lowest BCUT2D eigenvalue weighted by Crippen LogP contribution is -2.55. The molecule has 1 aromatic heterocycles. The minimum absolute atomic E-state index is 0.0859. The van der Waals surface area contributed by atoms with Crippen LogP contribution in [-0.4, -0.2) is 65.0 Å². The first-order valence-electron chi connectivity index (χ1n) is 12.5. The van der Waals surface area contributed by atoms with Crippen molar-refractivity contribution < 1.29 is 19.1 Å². The lowest BCUT2D eigenvalue weighted by atomic mass is 9.75. The van der Waals surface area contributed by atoms with Gasteiger partial charge in [0.2, 0.25) is 5.91 Å². The van der Waals surface area contributed by atoms with Crippen molar-refractivity contribution in [3.05, 3.63) is 65.5 Å². The zero-order valence-electron chi connectivity index (χ0n) is 20.1. The molecule has 0 saturated carbocycles. The SMILES string of the molecule is Cc1cccc(CC(=O)N2CCC(C3(c4ccccn4)NC(=O)N(CC4CCCO4)C3=O)CC2)c1. The molecule has 8 heteroatoms. The Balaban J connectivity index is 1.33. The molecule has 4 amide bonds. The first-order valence-corrected chi connectivity index (χ1v) is 12.5. The van der Waals surface area contributed by atoms with Gasteiger partial charge in [0.15, 0.2) is 5.54 Å². The number of carbonyl (C=O) groups is 3. The molecule has 0 bridgehead atoms. The number of nitrogens with zero attached hydrogens (tertiary/aromatic N) is 3. The van der Waals surface area contributed by atoms with E-state index >= 15 is 0 Å². The number of urea groups is 1. The highest BCUT2D eigenvalue weighted by Gasteiger charge is 2.58. The molecule has 3 aliphatic heterocycles. The normalized spacial score (nSPS) is 25.2. The molecule has 3 saturated heterocycles. The Bertz CT molecular complexity index is 1090. The maximum absolute atomic E-state index is 13.9. The maximum atomic E-state index is 13.9. The van der Waals surface area contributed by atoms with Crippen LogP contribution < -0.4 is 5.32 Å². The van der Waals surface area contributed by atoms with Crippen LogP contribution in [0.2, 0.25) is 0 Å². The minimum Gasteiger partial charge on any atom is -0.376 e. The molecule has 2 atom stereocenters. The highest BCUT2D eigenvalue weighted by atomic mass is 16.5. The number of hydrogen-bond donors (Lipinski definition) is 1. The molecule has 3 aliphatic rings. The molecule has 0 radical (unpaired) electrons.